The van der Waals surface area contributed by atoms with E-state index in [0.717, 1.165) is 0 Å². The van der Waals surface area contributed by atoms with Crippen molar-refractivity contribution in [3.63, 3.8) is 0 Å². The van der Waals surface area contributed by atoms with E-state index in [4.69, 9.17) is 4.74 Å². The van der Waals surface area contributed by atoms with E-state index in [1.807, 2.05) is 0 Å². The highest BCUT2D eigenvalue weighted by molar-refractivity contribution is 6.22. The van der Waals surface area contributed by atoms with Crippen LogP contribution in [0.25, 0.3) is 0 Å². The Morgan fingerprint density at radius 2 is 1.57 bits per heavy atom. The van der Waals surface area contributed by atoms with Crippen molar-refractivity contribution < 1.29 is 33.8 Å². The van der Waals surface area contributed by atoms with Crippen molar-refractivity contribution in [2.75, 3.05) is 14.1 Å². The Kier molecular flexibility index (Phi) is 4.70. The lowest BCUT2D eigenvalue weighted by Crippen LogP contribution is -2.70. The SMILES string of the molecule is CN1C(=O)N(C)C(=O)C(Cc2ccccc2)(OC(=O)C2(C(=O)O)CCC2)C1=O. The molecule has 9 nitrogen and oxygen atoms in total. The number of carboxylic acid groups (broad SMARTS) is 1. The first-order valence-corrected chi connectivity index (χ1v) is 8.77. The summed E-state index contributed by atoms with van der Waals surface area (Å²) in [5.74, 6) is -4.50. The van der Waals surface area contributed by atoms with E-state index in [2.05, 4.69) is 0 Å². The Balaban J connectivity index is 2.06. The van der Waals surface area contributed by atoms with Crippen LogP contribution < -0.4 is 0 Å². The highest BCUT2D eigenvalue weighted by atomic mass is 16.6. The minimum atomic E-state index is -2.34. The number of imide groups is 2. The summed E-state index contributed by atoms with van der Waals surface area (Å²) in [6, 6.07) is 7.54. The molecular formula is C19H20N2O7. The van der Waals surface area contributed by atoms with Crippen molar-refractivity contribution in [1.29, 1.82) is 0 Å². The zero-order chi connectivity index (χ0) is 20.7. The van der Waals surface area contributed by atoms with Gasteiger partial charge in [0.2, 0.25) is 0 Å². The number of ether oxygens (including phenoxy) is 1. The predicted octanol–water partition coefficient (Wildman–Crippen LogP) is 0.816. The van der Waals surface area contributed by atoms with Gasteiger partial charge in [-0.25, -0.2) is 4.79 Å². The van der Waals surface area contributed by atoms with Crippen LogP contribution in [0.15, 0.2) is 30.3 Å². The number of likely N-dealkylation sites (N-methyl/N-ethyl adjacent to an activating group) is 2. The van der Waals surface area contributed by atoms with Crippen LogP contribution in [0.3, 0.4) is 0 Å². The lowest BCUT2D eigenvalue weighted by molar-refractivity contribution is -0.198. The van der Waals surface area contributed by atoms with Crippen LogP contribution in [0, 0.1) is 5.41 Å². The second-order valence-electron chi connectivity index (χ2n) is 7.13. The van der Waals surface area contributed by atoms with E-state index >= 15 is 0 Å². The summed E-state index contributed by atoms with van der Waals surface area (Å²) in [6.07, 6.45) is 0.341. The second kappa shape index (κ2) is 6.74. The molecule has 28 heavy (non-hydrogen) atoms. The maximum Gasteiger partial charge on any atom is 0.333 e. The summed E-state index contributed by atoms with van der Waals surface area (Å²) in [4.78, 5) is 64.0. The number of aliphatic carboxylic acids is 1. The maximum atomic E-state index is 13.0. The lowest BCUT2D eigenvalue weighted by Gasteiger charge is -2.43. The van der Waals surface area contributed by atoms with E-state index in [-0.39, 0.29) is 19.3 Å². The third-order valence-electron chi connectivity index (χ3n) is 5.44. The van der Waals surface area contributed by atoms with Crippen LogP contribution >= 0.6 is 0 Å². The molecule has 0 bridgehead atoms. The fourth-order valence-corrected chi connectivity index (χ4v) is 3.48. The molecule has 1 aliphatic heterocycles. The number of benzene rings is 1. The highest BCUT2D eigenvalue weighted by Gasteiger charge is 2.62. The van der Waals surface area contributed by atoms with Crippen LogP contribution in [0.2, 0.25) is 0 Å². The Morgan fingerprint density at radius 1 is 1.04 bits per heavy atom. The van der Waals surface area contributed by atoms with Crippen molar-refractivity contribution in [1.82, 2.24) is 9.80 Å². The van der Waals surface area contributed by atoms with E-state index in [9.17, 15) is 29.1 Å². The Bertz CT molecular complexity index is 836. The molecule has 0 unspecified atom stereocenters. The van der Waals surface area contributed by atoms with Crippen molar-refractivity contribution in [3.8, 4) is 0 Å². The van der Waals surface area contributed by atoms with E-state index in [1.165, 1.54) is 14.1 Å². The van der Waals surface area contributed by atoms with Gasteiger partial charge in [-0.05, 0) is 24.8 Å². The molecule has 0 spiro atoms. The molecule has 1 N–H and O–H groups in total. The van der Waals surface area contributed by atoms with Gasteiger partial charge in [0.25, 0.3) is 17.4 Å². The molecule has 2 fully saturated rings. The van der Waals surface area contributed by atoms with Crippen LogP contribution in [0.1, 0.15) is 24.8 Å². The number of nitrogens with zero attached hydrogens (tertiary/aromatic N) is 2. The number of carboxylic acids is 1. The summed E-state index contributed by atoms with van der Waals surface area (Å²) >= 11 is 0. The Labute approximate surface area is 160 Å². The van der Waals surface area contributed by atoms with E-state index < -0.39 is 40.8 Å². The number of amides is 4. The molecule has 1 saturated heterocycles. The van der Waals surface area contributed by atoms with Gasteiger partial charge in [0.15, 0.2) is 5.41 Å². The number of barbiturate groups is 1. The largest absolute Gasteiger partial charge is 0.480 e. The number of esters is 1. The molecule has 1 saturated carbocycles. The zero-order valence-electron chi connectivity index (χ0n) is 15.5. The zero-order valence-corrected chi connectivity index (χ0v) is 15.5. The summed E-state index contributed by atoms with van der Waals surface area (Å²) < 4.78 is 5.41. The fraction of sp³-hybridized carbons (Fsp3) is 0.421. The molecule has 0 radical (unpaired) electrons. The summed E-state index contributed by atoms with van der Waals surface area (Å²) in [6.45, 7) is 0. The van der Waals surface area contributed by atoms with Crippen LogP contribution in [-0.2, 0) is 30.3 Å². The normalized spacial score (nSPS) is 20.6. The first-order chi connectivity index (χ1) is 13.2. The molecule has 9 heteroatoms. The fourth-order valence-electron chi connectivity index (χ4n) is 3.48. The minimum absolute atomic E-state index is 0.0651. The second-order valence-corrected chi connectivity index (χ2v) is 7.13. The number of hydrogen-bond acceptors (Lipinski definition) is 6. The molecule has 0 aromatic heterocycles. The van der Waals surface area contributed by atoms with Gasteiger partial charge in [0.1, 0.15) is 0 Å². The summed E-state index contributed by atoms with van der Waals surface area (Å²) in [5.41, 5.74) is -3.59. The van der Waals surface area contributed by atoms with Crippen molar-refractivity contribution in [3.05, 3.63) is 35.9 Å². The minimum Gasteiger partial charge on any atom is -0.480 e. The Morgan fingerprint density at radius 3 is 2.00 bits per heavy atom. The topological polar surface area (TPSA) is 121 Å². The van der Waals surface area contributed by atoms with Crippen molar-refractivity contribution >= 4 is 29.8 Å². The number of carbonyl (C=O) groups excluding carboxylic acids is 4. The first kappa shape index (κ1) is 19.5. The van der Waals surface area contributed by atoms with Crippen LogP contribution in [0.4, 0.5) is 4.79 Å². The van der Waals surface area contributed by atoms with Crippen molar-refractivity contribution in [2.24, 2.45) is 5.41 Å². The smallest absolute Gasteiger partial charge is 0.333 e. The molecule has 148 valence electrons. The van der Waals surface area contributed by atoms with E-state index in [0.29, 0.717) is 21.8 Å². The standard InChI is InChI=1S/C19H20N2O7/c1-20-13(22)19(14(23)21(2)17(20)27,11-12-7-4-3-5-8-12)28-16(26)18(15(24)25)9-6-10-18/h3-5,7-8H,6,9-11H2,1-2H3,(H,24,25). The van der Waals surface area contributed by atoms with E-state index in [1.54, 1.807) is 30.3 Å². The quantitative estimate of drug-likeness (QED) is 0.585. The first-order valence-electron chi connectivity index (χ1n) is 8.77. The number of urea groups is 1. The molecule has 1 aromatic rings. The Hall–Kier alpha value is -3.23. The molecule has 2 aliphatic rings. The molecule has 1 heterocycles. The molecule has 1 aliphatic carbocycles. The van der Waals surface area contributed by atoms with Gasteiger partial charge < -0.3 is 9.84 Å². The predicted molar refractivity (Wildman–Crippen MR) is 93.8 cm³/mol. The third-order valence-corrected chi connectivity index (χ3v) is 5.44. The molecular weight excluding hydrogens is 368 g/mol. The van der Waals surface area contributed by atoms with Gasteiger partial charge in [-0.3, -0.25) is 29.0 Å². The summed E-state index contributed by atoms with van der Waals surface area (Å²) in [7, 11) is 2.36. The van der Waals surface area contributed by atoms with Gasteiger partial charge >= 0.3 is 18.0 Å². The summed E-state index contributed by atoms with van der Waals surface area (Å²) in [5, 5.41) is 9.49. The van der Waals surface area contributed by atoms with Gasteiger partial charge in [0, 0.05) is 20.5 Å². The number of rotatable bonds is 5. The number of hydrogen-bond donors (Lipinski definition) is 1. The highest BCUT2D eigenvalue weighted by Crippen LogP contribution is 2.44. The van der Waals surface area contributed by atoms with Crippen LogP contribution in [0.5, 0.6) is 0 Å². The average molecular weight is 388 g/mol. The number of carbonyl (C=O) groups is 5. The lowest BCUT2D eigenvalue weighted by atomic mass is 9.68. The molecule has 1 aromatic carbocycles. The van der Waals surface area contributed by atoms with Crippen LogP contribution in [-0.4, -0.2) is 64.4 Å². The van der Waals surface area contributed by atoms with Gasteiger partial charge in [-0.15, -0.1) is 0 Å². The molecule has 0 atom stereocenters. The monoisotopic (exact) mass is 388 g/mol. The third kappa shape index (κ3) is 2.74. The average Bonchev–Trinajstić information content (AvgIpc) is 2.63. The molecule has 4 amide bonds. The van der Waals surface area contributed by atoms with Gasteiger partial charge in [0.05, 0.1) is 0 Å². The maximum absolute atomic E-state index is 13.0. The molecule has 3 rings (SSSR count). The van der Waals surface area contributed by atoms with Crippen molar-refractivity contribution in [2.45, 2.75) is 31.3 Å². The van der Waals surface area contributed by atoms with Gasteiger partial charge in [-0.2, -0.15) is 0 Å². The van der Waals surface area contributed by atoms with Gasteiger partial charge in [-0.1, -0.05) is 30.3 Å².